The van der Waals surface area contributed by atoms with Gasteiger partial charge in [0.15, 0.2) is 0 Å². The number of rotatable bonds is 3. The highest BCUT2D eigenvalue weighted by atomic mass is 16.3. The minimum absolute atomic E-state index is 0.331. The van der Waals surface area contributed by atoms with E-state index in [1.807, 2.05) is 24.4 Å². The third-order valence-corrected chi connectivity index (χ3v) is 5.17. The predicted molar refractivity (Wildman–Crippen MR) is 87.0 cm³/mol. The van der Waals surface area contributed by atoms with E-state index in [9.17, 15) is 5.11 Å². The van der Waals surface area contributed by atoms with Gasteiger partial charge in [-0.2, -0.15) is 0 Å². The van der Waals surface area contributed by atoms with Gasteiger partial charge in [-0.3, -0.25) is 4.98 Å². The van der Waals surface area contributed by atoms with E-state index < -0.39 is 0 Å². The molecule has 1 fully saturated rings. The number of nitrogens with zero attached hydrogens (tertiary/aromatic N) is 1. The molecular formula is C19H25NO. The Morgan fingerprint density at radius 3 is 2.48 bits per heavy atom. The van der Waals surface area contributed by atoms with Gasteiger partial charge in [-0.05, 0) is 67.2 Å². The van der Waals surface area contributed by atoms with Crippen molar-refractivity contribution in [3.05, 3.63) is 42.1 Å². The van der Waals surface area contributed by atoms with E-state index in [0.717, 1.165) is 41.1 Å². The lowest BCUT2D eigenvalue weighted by molar-refractivity contribution is 0.0669. The zero-order valence-electron chi connectivity index (χ0n) is 13.0. The van der Waals surface area contributed by atoms with E-state index in [0.29, 0.717) is 5.92 Å². The number of fused-ring (bicyclic) bond motifs is 1. The predicted octanol–water partition coefficient (Wildman–Crippen LogP) is 4.73. The lowest BCUT2D eigenvalue weighted by Gasteiger charge is -2.33. The average molecular weight is 283 g/mol. The fourth-order valence-corrected chi connectivity index (χ4v) is 3.68. The second-order valence-electron chi connectivity index (χ2n) is 6.82. The van der Waals surface area contributed by atoms with Crippen LogP contribution in [0.25, 0.3) is 10.9 Å². The van der Waals surface area contributed by atoms with E-state index >= 15 is 0 Å². The molecule has 1 aromatic carbocycles. The summed E-state index contributed by atoms with van der Waals surface area (Å²) in [4.78, 5) is 4.34. The molecule has 1 aliphatic rings. The Morgan fingerprint density at radius 1 is 1.05 bits per heavy atom. The third-order valence-electron chi connectivity index (χ3n) is 5.17. The Balaban J connectivity index is 1.73. The maximum Gasteiger partial charge on any atom is 0.0818 e. The van der Waals surface area contributed by atoms with Gasteiger partial charge >= 0.3 is 0 Å². The molecule has 2 nitrogen and oxygen atoms in total. The molecule has 1 aliphatic carbocycles. The zero-order chi connectivity index (χ0) is 14.8. The Labute approximate surface area is 127 Å². The SMILES string of the molecule is CC(C)C1CCC(C(O)c2ccc3ncccc3c2)CC1. The van der Waals surface area contributed by atoms with Crippen LogP contribution in [0.4, 0.5) is 0 Å². The van der Waals surface area contributed by atoms with Gasteiger partial charge in [0.05, 0.1) is 11.6 Å². The molecule has 0 amide bonds. The van der Waals surface area contributed by atoms with E-state index in [2.05, 4.69) is 31.0 Å². The molecule has 1 heterocycles. The van der Waals surface area contributed by atoms with Crippen molar-refractivity contribution < 1.29 is 5.11 Å². The Kier molecular flexibility index (Phi) is 4.25. The Morgan fingerprint density at radius 2 is 1.76 bits per heavy atom. The van der Waals surface area contributed by atoms with Crippen LogP contribution in [0.15, 0.2) is 36.5 Å². The summed E-state index contributed by atoms with van der Waals surface area (Å²) in [5.41, 5.74) is 2.04. The first-order valence-electron chi connectivity index (χ1n) is 8.18. The molecule has 0 spiro atoms. The Hall–Kier alpha value is -1.41. The van der Waals surface area contributed by atoms with Crippen LogP contribution in [0, 0.1) is 17.8 Å². The molecule has 1 atom stereocenters. The van der Waals surface area contributed by atoms with E-state index in [4.69, 9.17) is 0 Å². The standard InChI is InChI=1S/C19H25NO/c1-13(2)14-5-7-15(8-6-14)19(21)17-9-10-18-16(12-17)4-3-11-20-18/h3-4,9-15,19,21H,5-8H2,1-2H3. The first kappa shape index (κ1) is 14.5. The van der Waals surface area contributed by atoms with Crippen molar-refractivity contribution in [2.45, 2.75) is 45.6 Å². The number of pyridine rings is 1. The summed E-state index contributed by atoms with van der Waals surface area (Å²) in [5.74, 6) is 2.03. The molecule has 1 N–H and O–H groups in total. The molecule has 0 saturated heterocycles. The van der Waals surface area contributed by atoms with Crippen molar-refractivity contribution in [3.63, 3.8) is 0 Å². The highest BCUT2D eigenvalue weighted by Crippen LogP contribution is 2.39. The fraction of sp³-hybridized carbons (Fsp3) is 0.526. The average Bonchev–Trinajstić information content (AvgIpc) is 2.54. The zero-order valence-corrected chi connectivity index (χ0v) is 13.0. The van der Waals surface area contributed by atoms with Crippen molar-refractivity contribution in [2.24, 2.45) is 17.8 Å². The molecule has 21 heavy (non-hydrogen) atoms. The first-order chi connectivity index (χ1) is 10.1. The minimum atomic E-state index is -0.331. The molecular weight excluding hydrogens is 258 g/mol. The summed E-state index contributed by atoms with van der Waals surface area (Å²) >= 11 is 0. The lowest BCUT2D eigenvalue weighted by Crippen LogP contribution is -2.23. The highest BCUT2D eigenvalue weighted by Gasteiger charge is 2.28. The topological polar surface area (TPSA) is 33.1 Å². The number of aliphatic hydroxyl groups is 1. The van der Waals surface area contributed by atoms with Crippen LogP contribution in [0.2, 0.25) is 0 Å². The van der Waals surface area contributed by atoms with E-state index in [1.165, 1.54) is 12.8 Å². The molecule has 1 unspecified atom stereocenters. The van der Waals surface area contributed by atoms with Gasteiger partial charge < -0.3 is 5.11 Å². The number of aliphatic hydroxyl groups excluding tert-OH is 1. The Bertz CT molecular complexity index is 599. The molecule has 1 aromatic heterocycles. The van der Waals surface area contributed by atoms with Crippen LogP contribution in [0.1, 0.15) is 51.2 Å². The van der Waals surface area contributed by atoms with Crippen LogP contribution < -0.4 is 0 Å². The van der Waals surface area contributed by atoms with Crippen molar-refractivity contribution in [1.29, 1.82) is 0 Å². The second kappa shape index (κ2) is 6.15. The smallest absolute Gasteiger partial charge is 0.0818 e. The number of benzene rings is 1. The number of hydrogen-bond donors (Lipinski definition) is 1. The molecule has 2 heteroatoms. The van der Waals surface area contributed by atoms with Crippen molar-refractivity contribution in [3.8, 4) is 0 Å². The largest absolute Gasteiger partial charge is 0.388 e. The second-order valence-corrected chi connectivity index (χ2v) is 6.82. The summed E-state index contributed by atoms with van der Waals surface area (Å²) in [6.07, 6.45) is 6.29. The summed E-state index contributed by atoms with van der Waals surface area (Å²) in [5, 5.41) is 11.8. The summed E-state index contributed by atoms with van der Waals surface area (Å²) in [6, 6.07) is 10.2. The monoisotopic (exact) mass is 283 g/mol. The van der Waals surface area contributed by atoms with Crippen molar-refractivity contribution >= 4 is 10.9 Å². The van der Waals surface area contributed by atoms with Gasteiger partial charge in [0.1, 0.15) is 0 Å². The fourth-order valence-electron chi connectivity index (χ4n) is 3.68. The quantitative estimate of drug-likeness (QED) is 0.883. The van der Waals surface area contributed by atoms with Crippen LogP contribution >= 0.6 is 0 Å². The summed E-state index contributed by atoms with van der Waals surface area (Å²) in [6.45, 7) is 4.63. The molecule has 3 rings (SSSR count). The molecule has 0 aliphatic heterocycles. The molecule has 2 aromatic rings. The van der Waals surface area contributed by atoms with Crippen molar-refractivity contribution in [2.75, 3.05) is 0 Å². The summed E-state index contributed by atoms with van der Waals surface area (Å²) in [7, 11) is 0. The molecule has 1 saturated carbocycles. The minimum Gasteiger partial charge on any atom is -0.388 e. The van der Waals surface area contributed by atoms with E-state index in [-0.39, 0.29) is 6.10 Å². The summed E-state index contributed by atoms with van der Waals surface area (Å²) < 4.78 is 0. The van der Waals surface area contributed by atoms with Gasteiger partial charge in [0.25, 0.3) is 0 Å². The maximum atomic E-state index is 10.7. The maximum absolute atomic E-state index is 10.7. The lowest BCUT2D eigenvalue weighted by atomic mass is 9.74. The number of aromatic nitrogens is 1. The van der Waals surface area contributed by atoms with Crippen LogP contribution in [-0.4, -0.2) is 10.1 Å². The van der Waals surface area contributed by atoms with Crippen LogP contribution in [0.5, 0.6) is 0 Å². The van der Waals surface area contributed by atoms with Crippen molar-refractivity contribution in [1.82, 2.24) is 4.98 Å². The first-order valence-corrected chi connectivity index (χ1v) is 8.18. The number of hydrogen-bond acceptors (Lipinski definition) is 2. The van der Waals surface area contributed by atoms with Crippen LogP contribution in [-0.2, 0) is 0 Å². The molecule has 0 bridgehead atoms. The molecule has 112 valence electrons. The van der Waals surface area contributed by atoms with Gasteiger partial charge in [-0.15, -0.1) is 0 Å². The highest BCUT2D eigenvalue weighted by molar-refractivity contribution is 5.79. The van der Waals surface area contributed by atoms with E-state index in [1.54, 1.807) is 0 Å². The van der Waals surface area contributed by atoms with Gasteiger partial charge in [0, 0.05) is 11.6 Å². The van der Waals surface area contributed by atoms with Gasteiger partial charge in [-0.25, -0.2) is 0 Å². The van der Waals surface area contributed by atoms with Crippen LogP contribution in [0.3, 0.4) is 0 Å². The van der Waals surface area contributed by atoms with Gasteiger partial charge in [0.2, 0.25) is 0 Å². The molecule has 0 radical (unpaired) electrons. The normalized spacial score (nSPS) is 24.4. The van der Waals surface area contributed by atoms with Gasteiger partial charge in [-0.1, -0.05) is 26.0 Å². The third kappa shape index (κ3) is 3.11.